The number of methoxy groups -OCH3 is 1. The second-order valence-corrected chi connectivity index (χ2v) is 7.28. The molecule has 0 atom stereocenters. The number of furan rings is 1. The molecule has 8 heteroatoms. The molecule has 0 saturated carbocycles. The lowest BCUT2D eigenvalue weighted by Gasteiger charge is -2.11. The number of nitrogens with zero attached hydrogens (tertiary/aromatic N) is 1. The van der Waals surface area contributed by atoms with Crippen LogP contribution in [0, 0.1) is 6.92 Å². The Bertz CT molecular complexity index is 968. The Kier molecular flexibility index (Phi) is 5.13. The van der Waals surface area contributed by atoms with Crippen LogP contribution in [0.15, 0.2) is 64.2 Å². The summed E-state index contributed by atoms with van der Waals surface area (Å²) in [4.78, 5) is 4.36. The maximum atomic E-state index is 12.5. The molecule has 0 saturated heterocycles. The van der Waals surface area contributed by atoms with Crippen molar-refractivity contribution in [2.45, 2.75) is 18.4 Å². The molecule has 0 aliphatic rings. The summed E-state index contributed by atoms with van der Waals surface area (Å²) in [7, 11) is -2.16. The predicted octanol–water partition coefficient (Wildman–Crippen LogP) is 3.40. The number of nitrogens with one attached hydrogen (secondary N) is 2. The summed E-state index contributed by atoms with van der Waals surface area (Å²) >= 11 is 0. The van der Waals surface area contributed by atoms with Crippen LogP contribution >= 0.6 is 0 Å². The number of rotatable bonds is 7. The van der Waals surface area contributed by atoms with Gasteiger partial charge in [0.25, 0.3) is 10.0 Å². The highest BCUT2D eigenvalue weighted by Gasteiger charge is 2.16. The number of sulfonamides is 1. The summed E-state index contributed by atoms with van der Waals surface area (Å²) in [5.41, 5.74) is 1.12. The molecule has 0 amide bonds. The fourth-order valence-corrected chi connectivity index (χ4v) is 3.51. The number of ether oxygens (including phenoxy) is 1. The molecule has 0 radical (unpaired) electrons. The molecule has 0 spiro atoms. The van der Waals surface area contributed by atoms with E-state index in [1.807, 2.05) is 12.1 Å². The normalized spacial score (nSPS) is 11.2. The van der Waals surface area contributed by atoms with Crippen molar-refractivity contribution in [2.24, 2.45) is 0 Å². The van der Waals surface area contributed by atoms with Crippen molar-refractivity contribution >= 4 is 21.5 Å². The molecule has 7 nitrogen and oxygen atoms in total. The smallest absolute Gasteiger partial charge is 0.261 e. The summed E-state index contributed by atoms with van der Waals surface area (Å²) in [5, 5.41) is 3.09. The van der Waals surface area contributed by atoms with Gasteiger partial charge in [-0.1, -0.05) is 0 Å². The van der Waals surface area contributed by atoms with Gasteiger partial charge in [-0.25, -0.2) is 13.4 Å². The highest BCUT2D eigenvalue weighted by molar-refractivity contribution is 7.92. The number of aryl methyl sites for hydroxylation is 1. The van der Waals surface area contributed by atoms with E-state index in [1.165, 1.54) is 12.3 Å². The van der Waals surface area contributed by atoms with Crippen molar-refractivity contribution < 1.29 is 17.6 Å². The lowest BCUT2D eigenvalue weighted by molar-refractivity contribution is 0.411. The second kappa shape index (κ2) is 7.49. The number of pyridine rings is 1. The third kappa shape index (κ3) is 4.15. The van der Waals surface area contributed by atoms with E-state index in [9.17, 15) is 8.42 Å². The van der Waals surface area contributed by atoms with Gasteiger partial charge in [0.2, 0.25) is 0 Å². The summed E-state index contributed by atoms with van der Waals surface area (Å²) in [5.74, 6) is 2.04. The number of benzene rings is 1. The van der Waals surface area contributed by atoms with E-state index in [1.54, 1.807) is 44.6 Å². The van der Waals surface area contributed by atoms with Crippen molar-refractivity contribution in [3.05, 3.63) is 66.2 Å². The van der Waals surface area contributed by atoms with E-state index >= 15 is 0 Å². The molecule has 0 bridgehead atoms. The van der Waals surface area contributed by atoms with Gasteiger partial charge in [-0.15, -0.1) is 0 Å². The van der Waals surface area contributed by atoms with Gasteiger partial charge < -0.3 is 14.5 Å². The summed E-state index contributed by atoms with van der Waals surface area (Å²) in [6.45, 7) is 2.29. The zero-order chi connectivity index (χ0) is 18.6. The van der Waals surface area contributed by atoms with Crippen LogP contribution in [0.4, 0.5) is 11.5 Å². The zero-order valence-electron chi connectivity index (χ0n) is 14.4. The first-order valence-corrected chi connectivity index (χ1v) is 9.36. The first kappa shape index (κ1) is 17.8. The molecule has 3 rings (SSSR count). The largest absolute Gasteiger partial charge is 0.496 e. The molecular weight excluding hydrogens is 354 g/mol. The van der Waals surface area contributed by atoms with Crippen LogP contribution in [0.3, 0.4) is 0 Å². The van der Waals surface area contributed by atoms with Gasteiger partial charge in [0.05, 0.1) is 36.7 Å². The average Bonchev–Trinajstić information content (AvgIpc) is 3.14. The lowest BCUT2D eigenvalue weighted by Crippen LogP contribution is -2.13. The van der Waals surface area contributed by atoms with Crippen molar-refractivity contribution in [2.75, 3.05) is 17.1 Å². The molecule has 0 unspecified atom stereocenters. The molecular formula is C18H19N3O4S. The highest BCUT2D eigenvalue weighted by atomic mass is 32.2. The third-order valence-electron chi connectivity index (χ3n) is 3.72. The molecule has 136 valence electrons. The fraction of sp³-hybridized carbons (Fsp3) is 0.167. The number of hydrogen-bond acceptors (Lipinski definition) is 6. The maximum Gasteiger partial charge on any atom is 0.261 e. The molecule has 0 fully saturated rings. The fourth-order valence-electron chi connectivity index (χ4n) is 2.38. The summed E-state index contributed by atoms with van der Waals surface area (Å²) in [6, 6.07) is 11.7. The zero-order valence-corrected chi connectivity index (χ0v) is 15.2. The van der Waals surface area contributed by atoms with Gasteiger partial charge >= 0.3 is 0 Å². The van der Waals surface area contributed by atoms with Gasteiger partial charge in [-0.2, -0.15) is 0 Å². The average molecular weight is 373 g/mol. The quantitative estimate of drug-likeness (QED) is 0.659. The SMILES string of the molecule is COc1ccc(S(=O)(=O)Nc2ccc(NCc3ccco3)nc2)cc1C. The maximum absolute atomic E-state index is 12.5. The Balaban J connectivity index is 1.68. The van der Waals surface area contributed by atoms with E-state index in [4.69, 9.17) is 9.15 Å². The topological polar surface area (TPSA) is 93.5 Å². The lowest BCUT2D eigenvalue weighted by atomic mass is 10.2. The molecule has 0 aliphatic carbocycles. The van der Waals surface area contributed by atoms with Crippen molar-refractivity contribution in [3.8, 4) is 5.75 Å². The van der Waals surface area contributed by atoms with Gasteiger partial charge in [-0.3, -0.25) is 4.72 Å². The number of hydrogen-bond donors (Lipinski definition) is 2. The van der Waals surface area contributed by atoms with Gasteiger partial charge in [0.15, 0.2) is 0 Å². The van der Waals surface area contributed by atoms with Crippen LogP contribution in [0.2, 0.25) is 0 Å². The first-order chi connectivity index (χ1) is 12.5. The molecule has 2 N–H and O–H groups in total. The Morgan fingerprint density at radius 3 is 2.65 bits per heavy atom. The van der Waals surface area contributed by atoms with Crippen LogP contribution in [0.1, 0.15) is 11.3 Å². The van der Waals surface area contributed by atoms with Gasteiger partial charge in [-0.05, 0) is 55.0 Å². The molecule has 2 aromatic heterocycles. The Labute approximate surface area is 152 Å². The van der Waals surface area contributed by atoms with E-state index in [0.29, 0.717) is 23.8 Å². The van der Waals surface area contributed by atoms with Crippen LogP contribution in [-0.4, -0.2) is 20.5 Å². The van der Waals surface area contributed by atoms with Crippen molar-refractivity contribution in [1.82, 2.24) is 4.98 Å². The molecule has 0 aliphatic heterocycles. The molecule has 1 aromatic carbocycles. The van der Waals surface area contributed by atoms with Crippen LogP contribution in [0.5, 0.6) is 5.75 Å². The summed E-state index contributed by atoms with van der Waals surface area (Å²) < 4.78 is 37.9. The van der Waals surface area contributed by atoms with E-state index < -0.39 is 10.0 Å². The highest BCUT2D eigenvalue weighted by Crippen LogP contribution is 2.23. The third-order valence-corrected chi connectivity index (χ3v) is 5.10. The van der Waals surface area contributed by atoms with Crippen LogP contribution < -0.4 is 14.8 Å². The minimum absolute atomic E-state index is 0.163. The van der Waals surface area contributed by atoms with E-state index in [-0.39, 0.29) is 4.90 Å². The number of anilines is 2. The summed E-state index contributed by atoms with van der Waals surface area (Å²) in [6.07, 6.45) is 3.06. The number of aromatic nitrogens is 1. The standard InChI is InChI=1S/C18H19N3O4S/c1-13-10-16(6-7-17(13)24-2)26(22,23)21-14-5-8-18(19-11-14)20-12-15-4-3-9-25-15/h3-11,21H,12H2,1-2H3,(H,19,20). The Hall–Kier alpha value is -3.00. The minimum atomic E-state index is -3.70. The van der Waals surface area contributed by atoms with Crippen LogP contribution in [0.25, 0.3) is 0 Å². The van der Waals surface area contributed by atoms with Crippen LogP contribution in [-0.2, 0) is 16.6 Å². The van der Waals surface area contributed by atoms with E-state index in [0.717, 1.165) is 11.3 Å². The first-order valence-electron chi connectivity index (χ1n) is 7.88. The van der Waals surface area contributed by atoms with Gasteiger partial charge in [0, 0.05) is 0 Å². The monoisotopic (exact) mass is 373 g/mol. The molecule has 3 aromatic rings. The minimum Gasteiger partial charge on any atom is -0.496 e. The van der Waals surface area contributed by atoms with Crippen molar-refractivity contribution in [3.63, 3.8) is 0 Å². The second-order valence-electron chi connectivity index (χ2n) is 5.60. The van der Waals surface area contributed by atoms with Crippen molar-refractivity contribution in [1.29, 1.82) is 0 Å². The van der Waals surface area contributed by atoms with E-state index in [2.05, 4.69) is 15.0 Å². The predicted molar refractivity (Wildman–Crippen MR) is 98.8 cm³/mol. The van der Waals surface area contributed by atoms with Gasteiger partial charge in [0.1, 0.15) is 17.3 Å². The Morgan fingerprint density at radius 1 is 1.19 bits per heavy atom. The Morgan fingerprint density at radius 2 is 2.04 bits per heavy atom. The molecule has 2 heterocycles. The molecule has 26 heavy (non-hydrogen) atoms.